The van der Waals surface area contributed by atoms with E-state index in [1.54, 1.807) is 0 Å². The van der Waals surface area contributed by atoms with Gasteiger partial charge in [0.05, 0.1) is 129 Å². The van der Waals surface area contributed by atoms with Crippen LogP contribution < -0.4 is 5.73 Å². The quantitative estimate of drug-likeness (QED) is 0.224. The number of aliphatic hydroxyl groups is 1. The number of esters is 1. The van der Waals surface area contributed by atoms with Crippen molar-refractivity contribution in [3.8, 4) is 0 Å². The lowest BCUT2D eigenvalue weighted by Crippen LogP contribution is -2.63. The lowest BCUT2D eigenvalue weighted by Gasteiger charge is -2.54. The van der Waals surface area contributed by atoms with Gasteiger partial charge in [-0.15, -0.1) is 0 Å². The molecule has 14 fully saturated rings. The second-order valence-electron chi connectivity index (χ2n) is 26.4. The molecule has 14 heterocycles. The summed E-state index contributed by atoms with van der Waals surface area (Å²) in [6, 6.07) is 0. The van der Waals surface area contributed by atoms with Crippen molar-refractivity contribution in [2.24, 2.45) is 29.4 Å². The maximum Gasteiger partial charge on any atom is 0.308 e. The molecular weight excluding hydrogens is 967 g/mol. The van der Waals surface area contributed by atoms with Crippen LogP contribution in [0, 0.1) is 23.7 Å². The first-order valence-electron chi connectivity index (χ1n) is 29.7. The third kappa shape index (κ3) is 9.29. The SMILES string of the molecule is C=C1C[C@@H]2CC[C@]34CCC(O3)[C@H]3C[C@@H](O4)[C@H]4O[C@H](CC[C@@H]4O3)CC(=O)O[C@@H]3[C@@H](C)[C@@H]4O[C@@H]5C[C@]6(CC7O[C@@]8(C[C@H](C)C7O6)C[C@H](C)[C@@H]6OC(CN)[C@H](O)C[C@@H]6O8)O[C@@H]5C[C@@H]4O[C@H]3CC3O[C@@H](CCC1O2)C[C@@H](C)C3=C. The molecule has 0 amide bonds. The van der Waals surface area contributed by atoms with Crippen molar-refractivity contribution in [1.29, 1.82) is 0 Å². The Morgan fingerprint density at radius 1 is 0.507 bits per heavy atom. The summed E-state index contributed by atoms with van der Waals surface area (Å²) in [5.74, 6) is -2.39. The third-order valence-electron chi connectivity index (χ3n) is 21.0. The highest BCUT2D eigenvalue weighted by Gasteiger charge is 2.65. The van der Waals surface area contributed by atoms with Crippen LogP contribution in [0.3, 0.4) is 0 Å². The van der Waals surface area contributed by atoms with Crippen LogP contribution in [0.25, 0.3) is 0 Å². The molecule has 0 radical (unpaired) electrons. The van der Waals surface area contributed by atoms with Crippen LogP contribution in [0.15, 0.2) is 24.3 Å². The zero-order chi connectivity index (χ0) is 51.3. The Bertz CT molecular complexity index is 2190. The summed E-state index contributed by atoms with van der Waals surface area (Å²) >= 11 is 0. The smallest absolute Gasteiger partial charge is 0.308 e. The van der Waals surface area contributed by atoms with E-state index >= 15 is 0 Å². The number of hydrogen-bond acceptors (Lipinski definition) is 17. The molecule has 3 spiro atoms. The Kier molecular flexibility index (Phi) is 13.4. The Balaban J connectivity index is 0.694. The van der Waals surface area contributed by atoms with Gasteiger partial charge in [-0.05, 0) is 80.3 Å². The zero-order valence-corrected chi connectivity index (χ0v) is 44.7. The maximum atomic E-state index is 14.5. The van der Waals surface area contributed by atoms with Crippen molar-refractivity contribution >= 4 is 5.97 Å². The molecule has 0 aromatic carbocycles. The number of carbonyl (C=O) groups excluding carboxylic acids is 1. The standard InChI is InChI=1S/C58H85NO16/c1-27-15-33-7-9-37-28(2)16-35(62-37)11-13-56-14-12-38(70-56)41-20-46(72-56)55-39(65-41)10-8-34(64-55)17-50(61)69-54-32(6)53-44(66-43(54)19-40(63-33)31(27)5)21-42-47(67-53)24-58(71-42)25-48-52(75-58)30(4)23-57(74-48)22-29(3)51-45(73-57)18-36(60)49(26-59)68-51/h27,29-30,32-49,51-55,60H,2,5,7-26,59H2,1,3-4,6H3/t27-,29+,30+,32+,33+,34-,35+,36-,37?,38?,39+,40?,41-,42-,43+,44+,45+,46-,47-,48?,49?,51+,52?,53+,54-,55+,56+,57-,58+/m1/s1. The van der Waals surface area contributed by atoms with E-state index < -0.39 is 35.7 Å². The lowest BCUT2D eigenvalue weighted by atomic mass is 9.78. The molecule has 14 rings (SSSR count). The van der Waals surface area contributed by atoms with Crippen molar-refractivity contribution < 1.29 is 76.2 Å². The molecule has 3 N–H and O–H groups in total. The molecule has 29 atom stereocenters. The van der Waals surface area contributed by atoms with Crippen molar-refractivity contribution in [3.05, 3.63) is 24.3 Å². The molecule has 418 valence electrons. The fourth-order valence-corrected chi connectivity index (χ4v) is 17.3. The Morgan fingerprint density at radius 2 is 1.17 bits per heavy atom. The van der Waals surface area contributed by atoms with E-state index in [9.17, 15) is 9.90 Å². The molecule has 75 heavy (non-hydrogen) atoms. The Morgan fingerprint density at radius 3 is 2.03 bits per heavy atom. The molecule has 14 aliphatic rings. The van der Waals surface area contributed by atoms with Gasteiger partial charge in [0.15, 0.2) is 17.4 Å². The van der Waals surface area contributed by atoms with E-state index in [4.69, 9.17) is 72.0 Å². The maximum absolute atomic E-state index is 14.5. The Hall–Kier alpha value is -1.65. The van der Waals surface area contributed by atoms with Crippen molar-refractivity contribution in [1.82, 2.24) is 0 Å². The number of ether oxygens (including phenoxy) is 14. The highest BCUT2D eigenvalue weighted by atomic mass is 16.8. The van der Waals surface area contributed by atoms with Gasteiger partial charge in [-0.1, -0.05) is 40.9 Å². The molecule has 17 heteroatoms. The summed E-state index contributed by atoms with van der Waals surface area (Å²) in [5, 5.41) is 10.9. The predicted octanol–water partition coefficient (Wildman–Crippen LogP) is 6.15. The van der Waals surface area contributed by atoms with E-state index in [0.29, 0.717) is 57.8 Å². The molecule has 17 nitrogen and oxygen atoms in total. The van der Waals surface area contributed by atoms with Gasteiger partial charge in [0.1, 0.15) is 12.2 Å². The minimum Gasteiger partial charge on any atom is -0.459 e. The lowest BCUT2D eigenvalue weighted by molar-refractivity contribution is -0.370. The number of nitrogens with two attached hydrogens (primary N) is 1. The molecule has 0 aromatic heterocycles. The van der Waals surface area contributed by atoms with Crippen LogP contribution in [0.5, 0.6) is 0 Å². The minimum atomic E-state index is -0.889. The number of hydrogen-bond donors (Lipinski definition) is 2. The average molecular weight is 1050 g/mol. The van der Waals surface area contributed by atoms with Crippen molar-refractivity contribution in [2.45, 2.75) is 301 Å². The minimum absolute atomic E-state index is 0.00395. The first kappa shape index (κ1) is 51.5. The normalized spacial score (nSPS) is 57.5. The first-order chi connectivity index (χ1) is 36.1. The molecule has 0 aromatic rings. The van der Waals surface area contributed by atoms with E-state index in [1.807, 2.05) is 0 Å². The average Bonchev–Trinajstić information content (AvgIpc) is 4.17. The fraction of sp³-hybridized carbons (Fsp3) is 0.914. The third-order valence-corrected chi connectivity index (χ3v) is 21.0. The van der Waals surface area contributed by atoms with E-state index in [0.717, 1.165) is 68.9 Å². The second kappa shape index (κ2) is 19.5. The summed E-state index contributed by atoms with van der Waals surface area (Å²) in [5.41, 5.74) is 8.15. The number of fused-ring (bicyclic) bond motifs is 13. The topological polar surface area (TPSA) is 193 Å². The van der Waals surface area contributed by atoms with E-state index in [1.165, 1.54) is 0 Å². The summed E-state index contributed by atoms with van der Waals surface area (Å²) in [6.07, 6.45) is 7.54. The molecule has 0 aliphatic carbocycles. The summed E-state index contributed by atoms with van der Waals surface area (Å²) in [6.45, 7) is 18.2. The monoisotopic (exact) mass is 1050 g/mol. The Labute approximate surface area is 442 Å². The first-order valence-corrected chi connectivity index (χ1v) is 29.7. The van der Waals surface area contributed by atoms with Crippen molar-refractivity contribution in [3.63, 3.8) is 0 Å². The fourth-order valence-electron chi connectivity index (χ4n) is 17.3. The summed E-state index contributed by atoms with van der Waals surface area (Å²) in [7, 11) is 0. The van der Waals surface area contributed by atoms with Crippen molar-refractivity contribution in [2.75, 3.05) is 6.54 Å². The molecule has 0 saturated carbocycles. The summed E-state index contributed by atoms with van der Waals surface area (Å²) in [4.78, 5) is 14.5. The van der Waals surface area contributed by atoms with Crippen LogP contribution in [0.2, 0.25) is 0 Å². The highest BCUT2D eigenvalue weighted by Crippen LogP contribution is 2.56. The van der Waals surface area contributed by atoms with Crippen LogP contribution in [0.1, 0.15) is 150 Å². The van der Waals surface area contributed by atoms with Gasteiger partial charge in [-0.25, -0.2) is 0 Å². The molecule has 14 saturated heterocycles. The van der Waals surface area contributed by atoms with Crippen LogP contribution in [0.4, 0.5) is 0 Å². The number of aliphatic hydroxyl groups excluding tert-OH is 1. The van der Waals surface area contributed by atoms with E-state index in [2.05, 4.69) is 40.9 Å². The highest BCUT2D eigenvalue weighted by molar-refractivity contribution is 5.70. The second-order valence-corrected chi connectivity index (χ2v) is 26.4. The van der Waals surface area contributed by atoms with Gasteiger partial charge in [0.25, 0.3) is 0 Å². The zero-order valence-electron chi connectivity index (χ0n) is 44.7. The van der Waals surface area contributed by atoms with Gasteiger partial charge < -0.3 is 77.2 Å². The van der Waals surface area contributed by atoms with Crippen LogP contribution >= 0.6 is 0 Å². The number of carbonyl (C=O) groups is 1. The molecule has 6 unspecified atom stereocenters. The largest absolute Gasteiger partial charge is 0.459 e. The van der Waals surface area contributed by atoms with Gasteiger partial charge in [-0.2, -0.15) is 0 Å². The molecular formula is C58H85NO16. The van der Waals surface area contributed by atoms with Crippen LogP contribution in [-0.2, 0) is 71.1 Å². The molecule has 10 bridgehead atoms. The van der Waals surface area contributed by atoms with Gasteiger partial charge in [0, 0.05) is 76.7 Å². The number of rotatable bonds is 1. The molecule has 14 aliphatic heterocycles. The van der Waals surface area contributed by atoms with Gasteiger partial charge in [0.2, 0.25) is 0 Å². The van der Waals surface area contributed by atoms with E-state index in [-0.39, 0.29) is 159 Å². The van der Waals surface area contributed by atoms with Crippen LogP contribution in [-0.4, -0.2) is 169 Å². The van der Waals surface area contributed by atoms with Gasteiger partial charge in [-0.3, -0.25) is 4.79 Å². The summed E-state index contributed by atoms with van der Waals surface area (Å²) < 4.78 is 96.6. The predicted molar refractivity (Wildman–Crippen MR) is 266 cm³/mol. The van der Waals surface area contributed by atoms with Gasteiger partial charge >= 0.3 is 5.97 Å².